The number of ether oxygens (including phenoxy) is 3. The molecule has 1 saturated heterocycles. The molecule has 186 valence electrons. The highest BCUT2D eigenvalue weighted by Gasteiger charge is 2.25. The van der Waals surface area contributed by atoms with Crippen molar-refractivity contribution in [2.24, 2.45) is 5.92 Å². The molecule has 1 aliphatic rings. The quantitative estimate of drug-likeness (QED) is 0.336. The second kappa shape index (κ2) is 11.2. The Morgan fingerprint density at radius 2 is 1.58 bits per heavy atom. The average molecular weight is 486 g/mol. The highest BCUT2D eigenvalue weighted by atomic mass is 16.5. The van der Waals surface area contributed by atoms with E-state index in [4.69, 9.17) is 19.2 Å². The molecule has 1 fully saturated rings. The van der Waals surface area contributed by atoms with Crippen LogP contribution in [0.5, 0.6) is 17.2 Å². The number of nitrogens with zero attached hydrogens (tertiary/aromatic N) is 3. The summed E-state index contributed by atoms with van der Waals surface area (Å²) in [5.74, 6) is 3.42. The van der Waals surface area contributed by atoms with Gasteiger partial charge < -0.3 is 23.7 Å². The van der Waals surface area contributed by atoms with Crippen LogP contribution in [-0.4, -0.2) is 47.2 Å². The summed E-state index contributed by atoms with van der Waals surface area (Å²) in [7, 11) is 1.59. The van der Waals surface area contributed by atoms with Gasteiger partial charge in [0.05, 0.1) is 18.1 Å². The molecule has 0 aliphatic carbocycles. The van der Waals surface area contributed by atoms with E-state index in [-0.39, 0.29) is 12.5 Å². The number of para-hydroxylation sites is 5. The molecule has 7 heteroatoms. The van der Waals surface area contributed by atoms with Crippen LogP contribution in [0.2, 0.25) is 0 Å². The summed E-state index contributed by atoms with van der Waals surface area (Å²) in [6, 6.07) is 25.4. The van der Waals surface area contributed by atoms with Crippen molar-refractivity contribution in [1.29, 1.82) is 0 Å². The Morgan fingerprint density at radius 3 is 2.36 bits per heavy atom. The Morgan fingerprint density at radius 1 is 0.889 bits per heavy atom. The number of carbonyl (C=O) groups excluding carboxylic acids is 1. The van der Waals surface area contributed by atoms with Gasteiger partial charge in [-0.15, -0.1) is 0 Å². The summed E-state index contributed by atoms with van der Waals surface area (Å²) >= 11 is 0. The molecule has 36 heavy (non-hydrogen) atoms. The van der Waals surface area contributed by atoms with Gasteiger partial charge in [0.25, 0.3) is 5.91 Å². The van der Waals surface area contributed by atoms with Crippen LogP contribution in [0.4, 0.5) is 0 Å². The summed E-state index contributed by atoms with van der Waals surface area (Å²) in [6.45, 7) is 2.73. The molecule has 0 atom stereocenters. The molecule has 5 rings (SSSR count). The van der Waals surface area contributed by atoms with Crippen molar-refractivity contribution in [2.45, 2.75) is 26.0 Å². The van der Waals surface area contributed by atoms with Crippen LogP contribution in [0.25, 0.3) is 11.0 Å². The number of imidazole rings is 1. The van der Waals surface area contributed by atoms with Gasteiger partial charge in [0.15, 0.2) is 18.1 Å². The second-order valence-electron chi connectivity index (χ2n) is 8.99. The van der Waals surface area contributed by atoms with E-state index in [0.717, 1.165) is 55.1 Å². The summed E-state index contributed by atoms with van der Waals surface area (Å²) in [4.78, 5) is 19.5. The molecule has 2 heterocycles. The van der Waals surface area contributed by atoms with E-state index < -0.39 is 0 Å². The normalized spacial score (nSPS) is 14.1. The van der Waals surface area contributed by atoms with Crippen LogP contribution in [0, 0.1) is 5.92 Å². The van der Waals surface area contributed by atoms with Crippen molar-refractivity contribution in [3.8, 4) is 17.2 Å². The maximum absolute atomic E-state index is 12.8. The van der Waals surface area contributed by atoms with Crippen molar-refractivity contribution in [2.75, 3.05) is 26.8 Å². The molecular weight excluding hydrogens is 454 g/mol. The third-order valence-corrected chi connectivity index (χ3v) is 6.67. The van der Waals surface area contributed by atoms with Gasteiger partial charge in [0.2, 0.25) is 0 Å². The largest absolute Gasteiger partial charge is 0.493 e. The lowest BCUT2D eigenvalue weighted by atomic mass is 9.96. The number of methoxy groups -OCH3 is 1. The smallest absolute Gasteiger partial charge is 0.260 e. The zero-order valence-corrected chi connectivity index (χ0v) is 20.5. The minimum atomic E-state index is 0.00406. The van der Waals surface area contributed by atoms with Crippen molar-refractivity contribution in [1.82, 2.24) is 14.5 Å². The van der Waals surface area contributed by atoms with Crippen LogP contribution >= 0.6 is 0 Å². The number of rotatable bonds is 9. The number of hydrogen-bond acceptors (Lipinski definition) is 5. The van der Waals surface area contributed by atoms with Crippen LogP contribution in [0.3, 0.4) is 0 Å². The number of carbonyl (C=O) groups is 1. The number of likely N-dealkylation sites (tertiary alicyclic amines) is 1. The molecule has 0 bridgehead atoms. The Balaban J connectivity index is 1.19. The van der Waals surface area contributed by atoms with Gasteiger partial charge >= 0.3 is 0 Å². The van der Waals surface area contributed by atoms with Crippen molar-refractivity contribution >= 4 is 16.9 Å². The Labute approximate surface area is 211 Å². The van der Waals surface area contributed by atoms with E-state index in [0.29, 0.717) is 24.0 Å². The van der Waals surface area contributed by atoms with Crippen LogP contribution < -0.4 is 14.2 Å². The molecule has 7 nitrogen and oxygen atoms in total. The Kier molecular flexibility index (Phi) is 7.36. The average Bonchev–Trinajstić information content (AvgIpc) is 3.28. The van der Waals surface area contributed by atoms with Gasteiger partial charge in [-0.25, -0.2) is 4.98 Å². The maximum Gasteiger partial charge on any atom is 0.260 e. The predicted octanol–water partition coefficient (Wildman–Crippen LogP) is 4.94. The number of hydrogen-bond donors (Lipinski definition) is 0. The Bertz CT molecular complexity index is 1300. The highest BCUT2D eigenvalue weighted by Crippen LogP contribution is 2.27. The van der Waals surface area contributed by atoms with Gasteiger partial charge in [0, 0.05) is 19.6 Å². The van der Waals surface area contributed by atoms with E-state index in [1.54, 1.807) is 7.11 Å². The second-order valence-corrected chi connectivity index (χ2v) is 8.99. The first-order chi connectivity index (χ1) is 17.7. The number of aromatic nitrogens is 2. The van der Waals surface area contributed by atoms with E-state index in [2.05, 4.69) is 10.6 Å². The zero-order valence-electron chi connectivity index (χ0n) is 20.5. The third-order valence-electron chi connectivity index (χ3n) is 6.67. The lowest BCUT2D eigenvalue weighted by Crippen LogP contribution is -2.41. The summed E-state index contributed by atoms with van der Waals surface area (Å²) in [5, 5.41) is 0. The molecule has 4 aromatic rings. The Hall–Kier alpha value is -4.00. The zero-order chi connectivity index (χ0) is 24.7. The molecule has 1 aliphatic heterocycles. The predicted molar refractivity (Wildman–Crippen MR) is 138 cm³/mol. The number of amides is 1. The van der Waals surface area contributed by atoms with E-state index in [9.17, 15) is 4.79 Å². The molecule has 1 aromatic heterocycles. The fourth-order valence-electron chi connectivity index (χ4n) is 4.70. The molecule has 1 amide bonds. The first-order valence-electron chi connectivity index (χ1n) is 12.4. The van der Waals surface area contributed by atoms with E-state index in [1.807, 2.05) is 77.7 Å². The number of fused-ring (bicyclic) bond motifs is 1. The van der Waals surface area contributed by atoms with Gasteiger partial charge in [-0.2, -0.15) is 0 Å². The molecule has 0 saturated carbocycles. The molecule has 0 N–H and O–H groups in total. The monoisotopic (exact) mass is 485 g/mol. The fourth-order valence-corrected chi connectivity index (χ4v) is 4.70. The van der Waals surface area contributed by atoms with Gasteiger partial charge in [-0.1, -0.05) is 42.5 Å². The lowest BCUT2D eigenvalue weighted by Gasteiger charge is -2.32. The van der Waals surface area contributed by atoms with Gasteiger partial charge in [-0.05, 0) is 55.2 Å². The molecular formula is C29H31N3O4. The topological polar surface area (TPSA) is 65.8 Å². The van der Waals surface area contributed by atoms with Crippen LogP contribution in [0.15, 0.2) is 78.9 Å². The number of benzene rings is 3. The van der Waals surface area contributed by atoms with E-state index in [1.165, 1.54) is 0 Å². The molecule has 0 radical (unpaired) electrons. The number of piperidine rings is 1. The van der Waals surface area contributed by atoms with E-state index >= 15 is 0 Å². The SMILES string of the molecule is COc1ccccc1OCC(=O)N1CCC(Cn2c(COc3ccccc3)nc3ccccc32)CC1. The first kappa shape index (κ1) is 23.7. The molecule has 0 spiro atoms. The lowest BCUT2D eigenvalue weighted by molar-refractivity contribution is -0.134. The van der Waals surface area contributed by atoms with Gasteiger partial charge in [0.1, 0.15) is 18.2 Å². The van der Waals surface area contributed by atoms with Crippen LogP contribution in [-0.2, 0) is 17.9 Å². The van der Waals surface area contributed by atoms with Crippen LogP contribution in [0.1, 0.15) is 18.7 Å². The van der Waals surface area contributed by atoms with Gasteiger partial charge in [-0.3, -0.25) is 4.79 Å². The minimum Gasteiger partial charge on any atom is -0.493 e. The molecule has 3 aromatic carbocycles. The summed E-state index contributed by atoms with van der Waals surface area (Å²) in [5.41, 5.74) is 2.10. The summed E-state index contributed by atoms with van der Waals surface area (Å²) in [6.07, 6.45) is 1.87. The molecule has 0 unspecified atom stereocenters. The van der Waals surface area contributed by atoms with Crippen molar-refractivity contribution < 1.29 is 19.0 Å². The summed E-state index contributed by atoms with van der Waals surface area (Å²) < 4.78 is 19.3. The minimum absolute atomic E-state index is 0.00406. The van der Waals surface area contributed by atoms with Crippen molar-refractivity contribution in [3.63, 3.8) is 0 Å². The highest BCUT2D eigenvalue weighted by molar-refractivity contribution is 5.78. The standard InChI is InChI=1S/C29H31N3O4/c1-34-26-13-7-8-14-27(26)36-21-29(33)31-17-15-22(16-18-31)19-32-25-12-6-5-11-24(25)30-28(32)20-35-23-9-3-2-4-10-23/h2-14,22H,15-21H2,1H3. The maximum atomic E-state index is 12.8. The first-order valence-corrected chi connectivity index (χ1v) is 12.4. The fraction of sp³-hybridized carbons (Fsp3) is 0.310. The van der Waals surface area contributed by atoms with Crippen molar-refractivity contribution in [3.05, 3.63) is 84.7 Å². The third kappa shape index (κ3) is 5.46.